The third kappa shape index (κ3) is 7.02. The molecule has 1 N–H and O–H groups in total. The molecule has 2 aliphatic heterocycles. The molecule has 1 radical (unpaired) electrons. The first-order valence-electron chi connectivity index (χ1n) is 19.8. The van der Waals surface area contributed by atoms with Crippen LogP contribution < -0.4 is 15.0 Å². The minimum atomic E-state index is -0.156. The van der Waals surface area contributed by atoms with Crippen molar-refractivity contribution in [3.63, 3.8) is 0 Å². The molecule has 7 aromatic rings. The van der Waals surface area contributed by atoms with Crippen molar-refractivity contribution in [3.8, 4) is 45.7 Å². The Bertz CT molecular complexity index is 2470. The van der Waals surface area contributed by atoms with E-state index >= 15 is 0 Å². The van der Waals surface area contributed by atoms with Gasteiger partial charge in [0.05, 0.1) is 22.8 Å². The van der Waals surface area contributed by atoms with E-state index in [4.69, 9.17) is 9.72 Å². The molecule has 0 saturated heterocycles. The normalized spacial score (nSPS) is 12.5. The van der Waals surface area contributed by atoms with Gasteiger partial charge in [0.15, 0.2) is 5.75 Å². The summed E-state index contributed by atoms with van der Waals surface area (Å²) < 4.78 is 10.7. The van der Waals surface area contributed by atoms with Crippen LogP contribution >= 0.6 is 0 Å². The summed E-state index contributed by atoms with van der Waals surface area (Å²) in [5.74, 6) is 5.06. The largest absolute Gasteiger partial charge is 0.507 e. The Morgan fingerprint density at radius 1 is 0.614 bits per heavy atom. The zero-order chi connectivity index (χ0) is 39.2. The van der Waals surface area contributed by atoms with Crippen LogP contribution in [0, 0.1) is 6.07 Å². The van der Waals surface area contributed by atoms with E-state index in [1.54, 1.807) is 6.07 Å². The van der Waals surface area contributed by atoms with Crippen molar-refractivity contribution in [2.24, 2.45) is 0 Å². The van der Waals surface area contributed by atoms with E-state index in [9.17, 15) is 5.11 Å². The number of phenols is 1. The Labute approximate surface area is 350 Å². The van der Waals surface area contributed by atoms with Gasteiger partial charge in [0.1, 0.15) is 17.3 Å². The molecule has 0 fully saturated rings. The number of imidazole rings is 2. The summed E-state index contributed by atoms with van der Waals surface area (Å²) in [6, 6.07) is 36.3. The average Bonchev–Trinajstić information content (AvgIpc) is 3.89. The van der Waals surface area contributed by atoms with Gasteiger partial charge in [0.2, 0.25) is 0 Å². The van der Waals surface area contributed by atoms with Gasteiger partial charge >= 0.3 is 6.98 Å². The van der Waals surface area contributed by atoms with E-state index in [0.29, 0.717) is 29.2 Å². The second-order valence-corrected chi connectivity index (χ2v) is 15.9. The summed E-state index contributed by atoms with van der Waals surface area (Å²) in [4.78, 5) is 11.6. The molecule has 9 heteroatoms. The fourth-order valence-electron chi connectivity index (χ4n) is 8.35. The van der Waals surface area contributed by atoms with Gasteiger partial charge in [-0.15, -0.1) is 35.9 Å². The molecule has 0 amide bonds. The Morgan fingerprint density at radius 3 is 1.84 bits per heavy atom. The molecule has 5 aromatic carbocycles. The van der Waals surface area contributed by atoms with Crippen molar-refractivity contribution in [1.29, 1.82) is 0 Å². The molecule has 0 spiro atoms. The number of hydrogen-bond acceptors (Lipinski definition) is 5. The first-order chi connectivity index (χ1) is 27.1. The van der Waals surface area contributed by atoms with E-state index in [1.807, 2.05) is 61.1 Å². The van der Waals surface area contributed by atoms with Gasteiger partial charge in [-0.1, -0.05) is 104 Å². The van der Waals surface area contributed by atoms with Crippen molar-refractivity contribution >= 4 is 23.8 Å². The predicted octanol–water partition coefficient (Wildman–Crippen LogP) is 11.6. The molecular weight excluding hydrogens is 882 g/mol. The Morgan fingerprint density at radius 2 is 1.21 bits per heavy atom. The molecule has 0 atom stereocenters. The fourth-order valence-corrected chi connectivity index (χ4v) is 8.35. The average molecular weight is 931 g/mol. The molecule has 0 bridgehead atoms. The molecule has 2 aromatic heterocycles. The van der Waals surface area contributed by atoms with Gasteiger partial charge in [-0.2, -0.15) is 0 Å². The van der Waals surface area contributed by atoms with Crippen LogP contribution in [0.5, 0.6) is 17.2 Å². The summed E-state index contributed by atoms with van der Waals surface area (Å²) in [6.45, 7) is 17.8. The quantitative estimate of drug-likeness (QED) is 0.127. The van der Waals surface area contributed by atoms with Gasteiger partial charge in [-0.05, 0) is 75.7 Å². The van der Waals surface area contributed by atoms with Crippen LogP contribution in [-0.4, -0.2) is 31.1 Å². The van der Waals surface area contributed by atoms with Crippen LogP contribution in [0.2, 0.25) is 0 Å². The number of rotatable bonds is 7. The molecule has 0 unspecified atom stereocenters. The number of aromatic hydroxyl groups is 1. The number of aromatic nitrogens is 4. The van der Waals surface area contributed by atoms with Crippen LogP contribution in [0.1, 0.15) is 101 Å². The van der Waals surface area contributed by atoms with Crippen LogP contribution in [-0.2, 0) is 20.1 Å². The number of hydrogen-bond donors (Lipinski definition) is 1. The molecule has 291 valence electrons. The monoisotopic (exact) mass is 931 g/mol. The first-order valence-corrected chi connectivity index (χ1v) is 19.8. The standard InChI is InChI=1S/C27H26BN3O2.C21H23N2.Ir/c1-16(2)18-8-7-9-19(17(3)4)25(18)28-30-15-14-29-27(30)24-21(32)12-13-23-26(24)31(28)20-10-5-6-11-22(20)33-23;1-15(2)18-11-8-12-19(16(3)4)20(18)23-14-13-22-21(23)17-9-6-5-7-10-17;/h5-17,32H,1-4H3;5-9,11-16H,1-4H3;/q;-1;. The van der Waals surface area contributed by atoms with Crippen LogP contribution in [0.15, 0.2) is 122 Å². The van der Waals surface area contributed by atoms with E-state index in [-0.39, 0.29) is 32.8 Å². The van der Waals surface area contributed by atoms with Gasteiger partial charge < -0.3 is 23.7 Å². The number of anilines is 2. The van der Waals surface area contributed by atoms with E-state index in [2.05, 4.69) is 135 Å². The summed E-state index contributed by atoms with van der Waals surface area (Å²) in [6.07, 6.45) is 7.77. The minimum absolute atomic E-state index is 0. The number of ether oxygens (including phenoxy) is 1. The van der Waals surface area contributed by atoms with E-state index in [0.717, 1.165) is 40.1 Å². The van der Waals surface area contributed by atoms with E-state index in [1.165, 1.54) is 33.4 Å². The Kier molecular flexibility index (Phi) is 11.4. The molecular formula is C48H49BIrN5O2-. The molecule has 57 heavy (non-hydrogen) atoms. The minimum Gasteiger partial charge on any atom is -0.507 e. The van der Waals surface area contributed by atoms with Gasteiger partial charge in [-0.25, -0.2) is 4.98 Å². The first kappa shape index (κ1) is 39.9. The predicted molar refractivity (Wildman–Crippen MR) is 229 cm³/mol. The Hall–Kier alpha value is -5.37. The number of fused-ring (bicyclic) bond motifs is 4. The molecule has 2 aliphatic rings. The molecule has 0 saturated carbocycles. The number of para-hydroxylation sites is 3. The maximum absolute atomic E-state index is 10.9. The fraction of sp³-hybridized carbons (Fsp3) is 0.250. The number of nitrogens with zero attached hydrogens (tertiary/aromatic N) is 5. The van der Waals surface area contributed by atoms with Crippen LogP contribution in [0.4, 0.5) is 11.4 Å². The zero-order valence-electron chi connectivity index (χ0n) is 33.9. The zero-order valence-corrected chi connectivity index (χ0v) is 36.3. The molecule has 7 nitrogen and oxygen atoms in total. The Balaban J connectivity index is 0.000000183. The van der Waals surface area contributed by atoms with Crippen molar-refractivity contribution in [2.45, 2.75) is 79.1 Å². The van der Waals surface area contributed by atoms with Crippen molar-refractivity contribution < 1.29 is 29.9 Å². The molecule has 0 aliphatic carbocycles. The molecule has 4 heterocycles. The van der Waals surface area contributed by atoms with Crippen molar-refractivity contribution in [1.82, 2.24) is 19.0 Å². The molecule has 9 rings (SSSR count). The SMILES string of the molecule is CC(C)c1cccc(C(C)C)c1-n1ccnc1-c1[c-]cccc1.CC(C)c1cccc(C(C)C)c1B1N2c3ccccc3Oc3ccc(O)c(c32)-c2nccn21.[Ir]. The van der Waals surface area contributed by atoms with Crippen LogP contribution in [0.3, 0.4) is 0 Å². The summed E-state index contributed by atoms with van der Waals surface area (Å²) >= 11 is 0. The topological polar surface area (TPSA) is 68.3 Å². The summed E-state index contributed by atoms with van der Waals surface area (Å²) in [7, 11) is 0. The van der Waals surface area contributed by atoms with Crippen molar-refractivity contribution in [3.05, 3.63) is 150 Å². The smallest absolute Gasteiger partial charge is 0.422 e. The maximum atomic E-state index is 10.9. The van der Waals surface area contributed by atoms with Gasteiger partial charge in [-0.3, -0.25) is 4.98 Å². The summed E-state index contributed by atoms with van der Waals surface area (Å²) in [5.41, 5.74) is 11.5. The number of benzene rings is 5. The maximum Gasteiger partial charge on any atom is 0.422 e. The third-order valence-electron chi connectivity index (χ3n) is 11.0. The summed E-state index contributed by atoms with van der Waals surface area (Å²) in [5, 5.41) is 10.9. The second-order valence-electron chi connectivity index (χ2n) is 15.9. The van der Waals surface area contributed by atoms with Gasteiger partial charge in [0.25, 0.3) is 0 Å². The van der Waals surface area contributed by atoms with Crippen molar-refractivity contribution in [2.75, 3.05) is 4.81 Å². The van der Waals surface area contributed by atoms with Gasteiger partial charge in [0, 0.05) is 50.6 Å². The second kappa shape index (κ2) is 16.2. The number of phenolic OH excluding ortho intramolecular Hbond substituents is 1. The van der Waals surface area contributed by atoms with Crippen LogP contribution in [0.25, 0.3) is 28.5 Å². The van der Waals surface area contributed by atoms with E-state index < -0.39 is 0 Å². The third-order valence-corrected chi connectivity index (χ3v) is 11.0.